The van der Waals surface area contributed by atoms with Gasteiger partial charge in [-0.2, -0.15) is 0 Å². The van der Waals surface area contributed by atoms with Gasteiger partial charge in [0.15, 0.2) is 0 Å². The number of carbonyl (C=O) groups excluding carboxylic acids is 1. The van der Waals surface area contributed by atoms with Gasteiger partial charge in [0.1, 0.15) is 0 Å². The number of halogens is 2. The molecule has 164 valence electrons. The highest BCUT2D eigenvalue weighted by atomic mass is 79.9. The van der Waals surface area contributed by atoms with Gasteiger partial charge in [-0.05, 0) is 56.7 Å². The third-order valence-corrected chi connectivity index (χ3v) is 8.10. The third kappa shape index (κ3) is 3.50. The Kier molecular flexibility index (Phi) is 5.25. The Morgan fingerprint density at radius 3 is 2.28 bits per heavy atom. The first-order chi connectivity index (χ1) is 15.3. The maximum atomic E-state index is 13.7. The monoisotopic (exact) mass is 512 g/mol. The summed E-state index contributed by atoms with van der Waals surface area (Å²) in [4.78, 5) is 30.2. The van der Waals surface area contributed by atoms with Gasteiger partial charge in [-0.1, -0.05) is 57.9 Å². The Bertz CT molecular complexity index is 1220. The van der Waals surface area contributed by atoms with Crippen LogP contribution in [0.15, 0.2) is 53.0 Å². The molecule has 1 amide bonds. The van der Waals surface area contributed by atoms with Crippen molar-refractivity contribution in [2.45, 2.75) is 44.1 Å². The molecule has 0 atom stereocenters. The van der Waals surface area contributed by atoms with Crippen molar-refractivity contribution in [2.24, 2.45) is 5.41 Å². The number of fused-ring (bicyclic) bond motifs is 4. The van der Waals surface area contributed by atoms with Crippen LogP contribution in [0.4, 0.5) is 0 Å². The summed E-state index contributed by atoms with van der Waals surface area (Å²) in [5.74, 6) is -0.944. The van der Waals surface area contributed by atoms with Crippen molar-refractivity contribution >= 4 is 50.3 Å². The molecule has 3 saturated carbocycles. The average Bonchev–Trinajstić information content (AvgIpc) is 2.80. The predicted molar refractivity (Wildman–Crippen MR) is 128 cm³/mol. The summed E-state index contributed by atoms with van der Waals surface area (Å²) in [6.45, 7) is 0. The first-order valence-electron chi connectivity index (χ1n) is 10.7. The van der Waals surface area contributed by atoms with Gasteiger partial charge in [-0.25, -0.2) is 4.98 Å². The van der Waals surface area contributed by atoms with Crippen LogP contribution in [0.1, 0.15) is 48.9 Å². The number of amides is 1. The molecule has 0 spiro atoms. The van der Waals surface area contributed by atoms with Gasteiger partial charge in [-0.3, -0.25) is 9.59 Å². The highest BCUT2D eigenvalue weighted by molar-refractivity contribution is 9.10. The zero-order chi connectivity index (χ0) is 22.5. The molecule has 0 aliphatic heterocycles. The second-order valence-corrected chi connectivity index (χ2v) is 10.3. The number of benzene rings is 2. The molecule has 1 heterocycles. The summed E-state index contributed by atoms with van der Waals surface area (Å²) in [7, 11) is 0. The van der Waals surface area contributed by atoms with E-state index >= 15 is 0 Å². The van der Waals surface area contributed by atoms with Gasteiger partial charge >= 0.3 is 5.97 Å². The number of pyridine rings is 1. The quantitative estimate of drug-likeness (QED) is 0.434. The number of hydrogen-bond donors (Lipinski definition) is 2. The number of carbonyl (C=O) groups is 2. The summed E-state index contributed by atoms with van der Waals surface area (Å²) < 4.78 is 0.837. The maximum absolute atomic E-state index is 13.7. The molecule has 2 bridgehead atoms. The summed E-state index contributed by atoms with van der Waals surface area (Å²) in [5.41, 5.74) is 1.51. The van der Waals surface area contributed by atoms with E-state index in [4.69, 9.17) is 16.6 Å². The highest BCUT2D eigenvalue weighted by Gasteiger charge is 2.53. The zero-order valence-electron chi connectivity index (χ0n) is 17.3. The molecule has 0 radical (unpaired) electrons. The molecular formula is C25H22BrClN2O3. The maximum Gasteiger partial charge on any atom is 0.309 e. The van der Waals surface area contributed by atoms with E-state index in [-0.39, 0.29) is 11.4 Å². The van der Waals surface area contributed by atoms with Gasteiger partial charge < -0.3 is 10.4 Å². The molecule has 3 fully saturated rings. The number of rotatable bonds is 4. The van der Waals surface area contributed by atoms with E-state index in [2.05, 4.69) is 21.2 Å². The van der Waals surface area contributed by atoms with E-state index in [0.717, 1.165) is 10.0 Å². The van der Waals surface area contributed by atoms with Crippen LogP contribution >= 0.6 is 27.5 Å². The minimum absolute atomic E-state index is 0.234. The van der Waals surface area contributed by atoms with E-state index in [1.807, 2.05) is 48.5 Å². The summed E-state index contributed by atoms with van der Waals surface area (Å²) >= 11 is 10.3. The molecule has 1 aromatic heterocycles. The first kappa shape index (κ1) is 21.4. The lowest BCUT2D eigenvalue weighted by Crippen LogP contribution is -2.58. The van der Waals surface area contributed by atoms with Crippen molar-refractivity contribution in [2.75, 3.05) is 0 Å². The minimum Gasteiger partial charge on any atom is -0.481 e. The molecule has 2 N–H and O–H groups in total. The van der Waals surface area contributed by atoms with Gasteiger partial charge in [0.25, 0.3) is 5.91 Å². The van der Waals surface area contributed by atoms with Crippen LogP contribution in [-0.4, -0.2) is 27.5 Å². The lowest BCUT2D eigenvalue weighted by molar-refractivity contribution is -0.156. The Labute approximate surface area is 199 Å². The molecule has 7 heteroatoms. The van der Waals surface area contributed by atoms with Crippen molar-refractivity contribution in [1.82, 2.24) is 10.3 Å². The fourth-order valence-corrected chi connectivity index (χ4v) is 5.92. The number of nitrogens with zero attached hydrogens (tertiary/aromatic N) is 1. The van der Waals surface area contributed by atoms with Crippen molar-refractivity contribution in [3.05, 3.63) is 63.6 Å². The van der Waals surface area contributed by atoms with E-state index < -0.39 is 11.4 Å². The van der Waals surface area contributed by atoms with Gasteiger partial charge in [-0.15, -0.1) is 0 Å². The summed E-state index contributed by atoms with van der Waals surface area (Å²) in [6.07, 6.45) is 3.78. The van der Waals surface area contributed by atoms with Crippen LogP contribution in [0, 0.1) is 5.41 Å². The SMILES string of the molecule is O=C(NC12CCC(C(=O)O)(CC1)CC2)c1c(Cl)c(-c2ccccc2)nc2ccc(Br)cc12. The second kappa shape index (κ2) is 7.85. The van der Waals surface area contributed by atoms with Crippen LogP contribution in [0.5, 0.6) is 0 Å². The number of nitrogens with one attached hydrogen (secondary N) is 1. The predicted octanol–water partition coefficient (Wildman–Crippen LogP) is 6.23. The topological polar surface area (TPSA) is 79.3 Å². The highest BCUT2D eigenvalue weighted by Crippen LogP contribution is 2.52. The van der Waals surface area contributed by atoms with Crippen LogP contribution in [-0.2, 0) is 4.79 Å². The van der Waals surface area contributed by atoms with Crippen molar-refractivity contribution in [1.29, 1.82) is 0 Å². The molecule has 0 unspecified atom stereocenters. The normalized spacial score (nSPS) is 24.4. The van der Waals surface area contributed by atoms with E-state index in [0.29, 0.717) is 65.7 Å². The molecule has 3 aliphatic rings. The molecule has 3 aliphatic carbocycles. The molecule has 3 aromatic rings. The lowest BCUT2D eigenvalue weighted by atomic mass is 9.57. The van der Waals surface area contributed by atoms with Crippen LogP contribution in [0.3, 0.4) is 0 Å². The molecule has 0 saturated heterocycles. The van der Waals surface area contributed by atoms with E-state index in [1.165, 1.54) is 0 Å². The average molecular weight is 514 g/mol. The Balaban J connectivity index is 1.56. The molecule has 6 rings (SSSR count). The van der Waals surface area contributed by atoms with Crippen LogP contribution in [0.25, 0.3) is 22.2 Å². The van der Waals surface area contributed by atoms with Gasteiger partial charge in [0.2, 0.25) is 0 Å². The standard InChI is InChI=1S/C25H22BrClN2O3/c26-16-6-7-18-17(14-16)19(20(27)21(28-18)15-4-2-1-3-5-15)22(30)29-25-11-8-24(9-12-25,10-13-25)23(31)32/h1-7,14H,8-13H2,(H,29,30)(H,31,32). The van der Waals surface area contributed by atoms with Gasteiger partial charge in [0, 0.05) is 21.0 Å². The Morgan fingerprint density at radius 1 is 1.00 bits per heavy atom. The second-order valence-electron chi connectivity index (χ2n) is 9.00. The van der Waals surface area contributed by atoms with Crippen LogP contribution < -0.4 is 5.32 Å². The van der Waals surface area contributed by atoms with Gasteiger partial charge in [0.05, 0.1) is 27.2 Å². The fourth-order valence-electron chi connectivity index (χ4n) is 5.22. The molecule has 2 aromatic carbocycles. The number of carboxylic acids is 1. The van der Waals surface area contributed by atoms with Crippen LogP contribution in [0.2, 0.25) is 5.02 Å². The third-order valence-electron chi connectivity index (χ3n) is 7.24. The van der Waals surface area contributed by atoms with Crippen molar-refractivity contribution < 1.29 is 14.7 Å². The first-order valence-corrected chi connectivity index (χ1v) is 11.9. The van der Waals surface area contributed by atoms with Crippen molar-refractivity contribution in [3.8, 4) is 11.3 Å². The Morgan fingerprint density at radius 2 is 1.66 bits per heavy atom. The Hall–Kier alpha value is -2.44. The zero-order valence-corrected chi connectivity index (χ0v) is 19.7. The molecular weight excluding hydrogens is 492 g/mol. The number of carboxylic acid groups (broad SMARTS) is 1. The molecule has 32 heavy (non-hydrogen) atoms. The minimum atomic E-state index is -0.711. The lowest BCUT2D eigenvalue weighted by Gasteiger charge is -2.51. The number of hydrogen-bond acceptors (Lipinski definition) is 3. The molecule has 5 nitrogen and oxygen atoms in total. The fraction of sp³-hybridized carbons (Fsp3) is 0.320. The van der Waals surface area contributed by atoms with E-state index in [9.17, 15) is 14.7 Å². The number of aliphatic carboxylic acids is 1. The largest absolute Gasteiger partial charge is 0.481 e. The van der Waals surface area contributed by atoms with Crippen molar-refractivity contribution in [3.63, 3.8) is 0 Å². The summed E-state index contributed by atoms with van der Waals surface area (Å²) in [5, 5.41) is 13.9. The number of aromatic nitrogens is 1. The summed E-state index contributed by atoms with van der Waals surface area (Å²) in [6, 6.07) is 15.2. The smallest absolute Gasteiger partial charge is 0.309 e. The van der Waals surface area contributed by atoms with E-state index in [1.54, 1.807) is 0 Å².